The molecule has 1 saturated heterocycles. The van der Waals surface area contributed by atoms with E-state index in [1.165, 1.54) is 5.69 Å². The van der Waals surface area contributed by atoms with E-state index in [1.807, 2.05) is 30.6 Å². The van der Waals surface area contributed by atoms with E-state index in [4.69, 9.17) is 20.4 Å². The molecule has 0 aliphatic carbocycles. The summed E-state index contributed by atoms with van der Waals surface area (Å²) in [5, 5.41) is 0. The highest BCUT2D eigenvalue weighted by molar-refractivity contribution is 5.86. The molecule has 4 aromatic rings. The molecule has 0 spiro atoms. The van der Waals surface area contributed by atoms with Crippen LogP contribution in [0.15, 0.2) is 54.9 Å². The molecule has 1 aromatic carbocycles. The van der Waals surface area contributed by atoms with Crippen LogP contribution in [0.4, 0.5) is 5.69 Å². The number of aromatic amines is 1. The van der Waals surface area contributed by atoms with Crippen molar-refractivity contribution in [3.05, 3.63) is 66.4 Å². The Bertz CT molecular complexity index is 1310. The van der Waals surface area contributed by atoms with Gasteiger partial charge in [0.2, 0.25) is 0 Å². The summed E-state index contributed by atoms with van der Waals surface area (Å²) in [4.78, 5) is 25.0. The second kappa shape index (κ2) is 12.3. The SMILES string of the molecule is COc1ccc(-c2cccnc2CN(CCCCN)Cc2nc3nccc(N4CCN(C)CC4)c3[nH]2)cc1. The molecule has 200 valence electrons. The van der Waals surface area contributed by atoms with Gasteiger partial charge in [-0.25, -0.2) is 9.97 Å². The van der Waals surface area contributed by atoms with Crippen molar-refractivity contribution in [2.24, 2.45) is 5.73 Å². The van der Waals surface area contributed by atoms with E-state index in [9.17, 15) is 0 Å². The first-order valence-corrected chi connectivity index (χ1v) is 13.4. The Kier molecular flexibility index (Phi) is 8.47. The van der Waals surface area contributed by atoms with Gasteiger partial charge in [0.25, 0.3) is 0 Å². The van der Waals surface area contributed by atoms with Crippen molar-refractivity contribution in [2.75, 3.05) is 58.3 Å². The highest BCUT2D eigenvalue weighted by Gasteiger charge is 2.20. The molecule has 5 rings (SSSR count). The van der Waals surface area contributed by atoms with Crippen LogP contribution < -0.4 is 15.4 Å². The zero-order valence-electron chi connectivity index (χ0n) is 22.4. The number of rotatable bonds is 11. The molecule has 9 nitrogen and oxygen atoms in total. The number of piperazine rings is 1. The third-order valence-corrected chi connectivity index (χ3v) is 7.23. The molecule has 4 heterocycles. The Morgan fingerprint density at radius 2 is 1.79 bits per heavy atom. The quantitative estimate of drug-likeness (QED) is 0.293. The maximum absolute atomic E-state index is 5.82. The van der Waals surface area contributed by atoms with Crippen molar-refractivity contribution in [2.45, 2.75) is 25.9 Å². The van der Waals surface area contributed by atoms with Crippen molar-refractivity contribution >= 4 is 16.9 Å². The molecule has 0 saturated carbocycles. The molecule has 1 fully saturated rings. The van der Waals surface area contributed by atoms with E-state index in [0.29, 0.717) is 19.6 Å². The van der Waals surface area contributed by atoms with E-state index in [2.05, 4.69) is 56.0 Å². The molecule has 0 atom stereocenters. The monoisotopic (exact) mass is 514 g/mol. The predicted octanol–water partition coefficient (Wildman–Crippen LogP) is 3.52. The van der Waals surface area contributed by atoms with Crippen LogP contribution in [-0.2, 0) is 13.1 Å². The minimum Gasteiger partial charge on any atom is -0.497 e. The zero-order chi connectivity index (χ0) is 26.3. The molecule has 9 heteroatoms. The van der Waals surface area contributed by atoms with Crippen molar-refractivity contribution in [3.8, 4) is 16.9 Å². The van der Waals surface area contributed by atoms with Gasteiger partial charge in [-0.05, 0) is 62.8 Å². The van der Waals surface area contributed by atoms with Crippen LogP contribution in [0.25, 0.3) is 22.3 Å². The third-order valence-electron chi connectivity index (χ3n) is 7.23. The van der Waals surface area contributed by atoms with E-state index in [0.717, 1.165) is 85.1 Å². The van der Waals surface area contributed by atoms with Crippen molar-refractivity contribution in [1.29, 1.82) is 0 Å². The van der Waals surface area contributed by atoms with Gasteiger partial charge in [0.1, 0.15) is 17.1 Å². The van der Waals surface area contributed by atoms with Gasteiger partial charge in [0, 0.05) is 50.7 Å². The van der Waals surface area contributed by atoms with Crippen LogP contribution >= 0.6 is 0 Å². The van der Waals surface area contributed by atoms with Crippen LogP contribution in [0, 0.1) is 0 Å². The maximum Gasteiger partial charge on any atom is 0.179 e. The Balaban J connectivity index is 1.39. The Morgan fingerprint density at radius 3 is 2.55 bits per heavy atom. The molecule has 0 radical (unpaired) electrons. The average Bonchev–Trinajstić information content (AvgIpc) is 3.37. The molecule has 0 bridgehead atoms. The highest BCUT2D eigenvalue weighted by Crippen LogP contribution is 2.27. The summed E-state index contributed by atoms with van der Waals surface area (Å²) in [7, 11) is 3.86. The lowest BCUT2D eigenvalue weighted by atomic mass is 10.0. The number of pyridine rings is 2. The fourth-order valence-electron chi connectivity index (χ4n) is 5.05. The first-order valence-electron chi connectivity index (χ1n) is 13.4. The van der Waals surface area contributed by atoms with Crippen molar-refractivity contribution in [1.82, 2.24) is 29.7 Å². The van der Waals surface area contributed by atoms with Gasteiger partial charge in [0.15, 0.2) is 5.65 Å². The van der Waals surface area contributed by atoms with Gasteiger partial charge in [-0.1, -0.05) is 18.2 Å². The number of hydrogen-bond donors (Lipinski definition) is 2. The Hall–Kier alpha value is -3.53. The second-order valence-electron chi connectivity index (χ2n) is 9.94. The number of likely N-dealkylation sites (N-methyl/N-ethyl adjacent to an activating group) is 1. The molecule has 38 heavy (non-hydrogen) atoms. The predicted molar refractivity (Wildman–Crippen MR) is 152 cm³/mol. The number of anilines is 1. The largest absolute Gasteiger partial charge is 0.497 e. The minimum absolute atomic E-state index is 0.682. The van der Waals surface area contributed by atoms with Gasteiger partial charge in [-0.2, -0.15) is 0 Å². The van der Waals surface area contributed by atoms with Crippen molar-refractivity contribution < 1.29 is 4.74 Å². The van der Waals surface area contributed by atoms with Crippen LogP contribution in [0.5, 0.6) is 5.75 Å². The van der Waals surface area contributed by atoms with Crippen molar-refractivity contribution in [3.63, 3.8) is 0 Å². The summed E-state index contributed by atoms with van der Waals surface area (Å²) >= 11 is 0. The number of nitrogens with two attached hydrogens (primary N) is 1. The topological polar surface area (TPSA) is 99.4 Å². The lowest BCUT2D eigenvalue weighted by Crippen LogP contribution is -2.44. The summed E-state index contributed by atoms with van der Waals surface area (Å²) in [5.74, 6) is 1.76. The first kappa shape index (κ1) is 26.1. The normalized spacial score (nSPS) is 14.5. The molecule has 0 unspecified atom stereocenters. The fraction of sp³-hybridized carbons (Fsp3) is 0.414. The van der Waals surface area contributed by atoms with Gasteiger partial charge >= 0.3 is 0 Å². The van der Waals surface area contributed by atoms with E-state index >= 15 is 0 Å². The van der Waals surface area contributed by atoms with Gasteiger partial charge in [-0.15, -0.1) is 0 Å². The number of fused-ring (bicyclic) bond motifs is 1. The maximum atomic E-state index is 5.82. The third kappa shape index (κ3) is 6.12. The Morgan fingerprint density at radius 1 is 0.974 bits per heavy atom. The number of methoxy groups -OCH3 is 1. The number of H-pyrrole nitrogens is 1. The number of hydrogen-bond acceptors (Lipinski definition) is 8. The number of benzene rings is 1. The highest BCUT2D eigenvalue weighted by atomic mass is 16.5. The van der Waals surface area contributed by atoms with Crippen LogP contribution in [0.3, 0.4) is 0 Å². The van der Waals surface area contributed by atoms with Gasteiger partial charge < -0.3 is 25.3 Å². The molecular formula is C29H38N8O. The van der Waals surface area contributed by atoms with E-state index in [-0.39, 0.29) is 0 Å². The smallest absolute Gasteiger partial charge is 0.179 e. The van der Waals surface area contributed by atoms with Gasteiger partial charge in [0.05, 0.1) is 25.0 Å². The van der Waals surface area contributed by atoms with Crippen LogP contribution in [-0.4, -0.2) is 83.2 Å². The van der Waals surface area contributed by atoms with Gasteiger partial charge in [-0.3, -0.25) is 9.88 Å². The standard InChI is InChI=1S/C29H38N8O/c1-35-16-18-37(19-17-35)26-11-14-32-29-28(26)33-27(34-29)21-36(15-4-3-12-30)20-25-24(6-5-13-31-25)22-7-9-23(38-2)10-8-22/h5-11,13-14H,3-4,12,15-21,30H2,1-2H3,(H,32,33,34). The number of imidazole rings is 1. The summed E-state index contributed by atoms with van der Waals surface area (Å²) in [5.41, 5.74) is 12.1. The van der Waals surface area contributed by atoms with Crippen LogP contribution in [0.1, 0.15) is 24.4 Å². The lowest BCUT2D eigenvalue weighted by Gasteiger charge is -2.34. The summed E-state index contributed by atoms with van der Waals surface area (Å²) in [6.45, 7) is 7.11. The summed E-state index contributed by atoms with van der Waals surface area (Å²) in [6.07, 6.45) is 5.74. The number of nitrogens with zero attached hydrogens (tertiary/aromatic N) is 6. The Labute approximate surface area is 224 Å². The summed E-state index contributed by atoms with van der Waals surface area (Å²) in [6, 6.07) is 14.4. The molecule has 3 N–H and O–H groups in total. The molecule has 1 aliphatic heterocycles. The number of nitrogens with one attached hydrogen (secondary N) is 1. The number of ether oxygens (including phenoxy) is 1. The fourth-order valence-corrected chi connectivity index (χ4v) is 5.05. The molecule has 0 amide bonds. The lowest BCUT2D eigenvalue weighted by molar-refractivity contribution is 0.244. The second-order valence-corrected chi connectivity index (χ2v) is 9.94. The number of aromatic nitrogens is 4. The van der Waals surface area contributed by atoms with E-state index < -0.39 is 0 Å². The minimum atomic E-state index is 0.682. The first-order chi connectivity index (χ1) is 18.6. The summed E-state index contributed by atoms with van der Waals surface area (Å²) < 4.78 is 5.34. The molecule has 1 aliphatic rings. The molecular weight excluding hydrogens is 476 g/mol. The average molecular weight is 515 g/mol. The van der Waals surface area contributed by atoms with E-state index in [1.54, 1.807) is 7.11 Å². The number of unbranched alkanes of at least 4 members (excludes halogenated alkanes) is 1. The van der Waals surface area contributed by atoms with Crippen LogP contribution in [0.2, 0.25) is 0 Å². The molecule has 3 aromatic heterocycles. The zero-order valence-corrected chi connectivity index (χ0v) is 22.4.